The molecule has 4 aromatic rings. The van der Waals surface area contributed by atoms with Crippen LogP contribution in [0.4, 0.5) is 5.69 Å². The van der Waals surface area contributed by atoms with E-state index in [1.807, 2.05) is 79.9 Å². The molecule has 1 fully saturated rings. The molecule has 0 spiro atoms. The Hall–Kier alpha value is -4.03. The third-order valence-electron chi connectivity index (χ3n) is 5.71. The molecule has 33 heavy (non-hydrogen) atoms. The van der Waals surface area contributed by atoms with Gasteiger partial charge < -0.3 is 4.57 Å². The Morgan fingerprint density at radius 3 is 2.36 bits per heavy atom. The minimum atomic E-state index is -0.492. The number of thiocarbonyl (C=S) groups is 1. The van der Waals surface area contributed by atoms with Crippen LogP contribution in [0.15, 0.2) is 90.6 Å². The quantitative estimate of drug-likeness (QED) is 0.275. The first-order valence-electron chi connectivity index (χ1n) is 10.6. The van der Waals surface area contributed by atoms with E-state index in [2.05, 4.69) is 22.0 Å². The van der Waals surface area contributed by atoms with E-state index >= 15 is 0 Å². The molecule has 0 atom stereocenters. The Balaban J connectivity index is 1.57. The largest absolute Gasteiger partial charge is 0.342 e. The van der Waals surface area contributed by atoms with Crippen LogP contribution in [0.1, 0.15) is 16.7 Å². The number of aryl methyl sites for hydroxylation is 1. The number of hydrogen-bond acceptors (Lipinski definition) is 3. The second-order valence-corrected chi connectivity index (χ2v) is 8.40. The van der Waals surface area contributed by atoms with Crippen molar-refractivity contribution in [2.75, 3.05) is 4.90 Å². The lowest BCUT2D eigenvalue weighted by molar-refractivity contribution is -0.122. The second kappa shape index (κ2) is 8.48. The Bertz CT molecular complexity index is 1420. The molecular weight excluding hydrogens is 430 g/mol. The maximum Gasteiger partial charge on any atom is 0.270 e. The molecule has 0 unspecified atom stereocenters. The number of carbonyl (C=O) groups excluding carboxylic acids is 2. The molecule has 1 aliphatic heterocycles. The van der Waals surface area contributed by atoms with Crippen LogP contribution < -0.4 is 10.2 Å². The fourth-order valence-corrected chi connectivity index (χ4v) is 4.32. The highest BCUT2D eigenvalue weighted by atomic mass is 32.1. The SMILES string of the molecule is Cc1ccc(N2C(=O)/C(=C\c3cn(Cc4ccccc4)c4ccccc34)C(=O)NC2=S)cc1. The molecule has 0 aliphatic carbocycles. The van der Waals surface area contributed by atoms with Crippen LogP contribution in [0, 0.1) is 6.92 Å². The lowest BCUT2D eigenvalue weighted by Crippen LogP contribution is -2.54. The van der Waals surface area contributed by atoms with Gasteiger partial charge in [-0.1, -0.05) is 66.2 Å². The summed E-state index contributed by atoms with van der Waals surface area (Å²) in [4.78, 5) is 27.5. The lowest BCUT2D eigenvalue weighted by Gasteiger charge is -2.29. The average molecular weight is 452 g/mol. The van der Waals surface area contributed by atoms with E-state index in [-0.39, 0.29) is 10.7 Å². The number of anilines is 1. The van der Waals surface area contributed by atoms with Gasteiger partial charge in [-0.25, -0.2) is 0 Å². The highest BCUT2D eigenvalue weighted by Crippen LogP contribution is 2.27. The molecule has 1 aliphatic rings. The normalized spacial score (nSPS) is 15.4. The lowest BCUT2D eigenvalue weighted by atomic mass is 10.1. The van der Waals surface area contributed by atoms with E-state index in [9.17, 15) is 9.59 Å². The second-order valence-electron chi connectivity index (χ2n) is 8.01. The molecule has 2 amide bonds. The van der Waals surface area contributed by atoms with E-state index < -0.39 is 11.8 Å². The molecular formula is C27H21N3O2S. The number of fused-ring (bicyclic) bond motifs is 1. The maximum absolute atomic E-state index is 13.4. The van der Waals surface area contributed by atoms with Crippen molar-refractivity contribution in [3.05, 3.63) is 107 Å². The molecule has 1 aromatic heterocycles. The summed E-state index contributed by atoms with van der Waals surface area (Å²) in [5.41, 5.74) is 4.74. The average Bonchev–Trinajstić information content (AvgIpc) is 3.16. The van der Waals surface area contributed by atoms with E-state index in [0.717, 1.165) is 22.0 Å². The third-order valence-corrected chi connectivity index (χ3v) is 5.99. The summed E-state index contributed by atoms with van der Waals surface area (Å²) in [6.45, 7) is 2.66. The number of hydrogen-bond donors (Lipinski definition) is 1. The number of amides is 2. The van der Waals surface area contributed by atoms with E-state index in [1.54, 1.807) is 6.08 Å². The molecule has 162 valence electrons. The van der Waals surface area contributed by atoms with Crippen molar-refractivity contribution in [1.82, 2.24) is 9.88 Å². The molecule has 5 rings (SSSR count). The number of para-hydroxylation sites is 1. The minimum absolute atomic E-state index is 0.0480. The van der Waals surface area contributed by atoms with Gasteiger partial charge in [-0.05, 0) is 49.0 Å². The molecule has 1 saturated heterocycles. The molecule has 6 heteroatoms. The highest BCUT2D eigenvalue weighted by Gasteiger charge is 2.34. The fourth-order valence-electron chi connectivity index (χ4n) is 4.04. The van der Waals surface area contributed by atoms with Crippen molar-refractivity contribution in [3.8, 4) is 0 Å². The smallest absolute Gasteiger partial charge is 0.270 e. The predicted molar refractivity (Wildman–Crippen MR) is 135 cm³/mol. The summed E-state index contributed by atoms with van der Waals surface area (Å²) < 4.78 is 2.13. The van der Waals surface area contributed by atoms with Crippen molar-refractivity contribution in [1.29, 1.82) is 0 Å². The first-order chi connectivity index (χ1) is 16.0. The van der Waals surface area contributed by atoms with Gasteiger partial charge in [-0.2, -0.15) is 0 Å². The summed E-state index contributed by atoms with van der Waals surface area (Å²) in [5, 5.41) is 3.71. The Morgan fingerprint density at radius 1 is 0.909 bits per heavy atom. The van der Waals surface area contributed by atoms with Gasteiger partial charge in [0, 0.05) is 29.2 Å². The Kier molecular flexibility index (Phi) is 5.36. The Morgan fingerprint density at radius 2 is 1.61 bits per heavy atom. The van der Waals surface area contributed by atoms with Gasteiger partial charge in [0.1, 0.15) is 5.57 Å². The molecule has 2 heterocycles. The standard InChI is InChI=1S/C27H21N3O2S/c1-18-11-13-21(14-12-18)30-26(32)23(25(31)28-27(30)33)15-20-17-29(16-19-7-3-2-4-8-19)24-10-6-5-9-22(20)24/h2-15,17H,16H2,1H3,(H,28,31,33)/b23-15-. The van der Waals surface area contributed by atoms with Crippen molar-refractivity contribution in [2.24, 2.45) is 0 Å². The first-order valence-corrected chi connectivity index (χ1v) is 11.0. The van der Waals surface area contributed by atoms with Crippen molar-refractivity contribution < 1.29 is 9.59 Å². The zero-order valence-electron chi connectivity index (χ0n) is 18.0. The van der Waals surface area contributed by atoms with E-state index in [0.29, 0.717) is 12.2 Å². The predicted octanol–water partition coefficient (Wildman–Crippen LogP) is 4.83. The zero-order valence-corrected chi connectivity index (χ0v) is 18.8. The van der Waals surface area contributed by atoms with E-state index in [1.165, 1.54) is 10.5 Å². The number of aromatic nitrogens is 1. The summed E-state index contributed by atoms with van der Waals surface area (Å²) in [7, 11) is 0. The van der Waals surface area contributed by atoms with Crippen LogP contribution in [0.5, 0.6) is 0 Å². The van der Waals surface area contributed by atoms with Gasteiger partial charge in [0.2, 0.25) is 0 Å². The number of benzene rings is 3. The maximum atomic E-state index is 13.4. The molecule has 0 radical (unpaired) electrons. The number of rotatable bonds is 4. The monoisotopic (exact) mass is 451 g/mol. The van der Waals surface area contributed by atoms with Gasteiger partial charge in [-0.15, -0.1) is 0 Å². The van der Waals surface area contributed by atoms with Crippen LogP contribution in [0.2, 0.25) is 0 Å². The Labute approximate surface area is 196 Å². The van der Waals surface area contributed by atoms with Crippen molar-refractivity contribution >= 4 is 51.8 Å². The van der Waals surface area contributed by atoms with Crippen LogP contribution in [-0.2, 0) is 16.1 Å². The van der Waals surface area contributed by atoms with Gasteiger partial charge >= 0.3 is 0 Å². The zero-order chi connectivity index (χ0) is 22.9. The van der Waals surface area contributed by atoms with Gasteiger partial charge in [0.05, 0.1) is 5.69 Å². The van der Waals surface area contributed by atoms with Gasteiger partial charge in [0.25, 0.3) is 11.8 Å². The van der Waals surface area contributed by atoms with E-state index in [4.69, 9.17) is 12.2 Å². The molecule has 0 saturated carbocycles. The van der Waals surface area contributed by atoms with Gasteiger partial charge in [0.15, 0.2) is 5.11 Å². The highest BCUT2D eigenvalue weighted by molar-refractivity contribution is 7.80. The van der Waals surface area contributed by atoms with Crippen molar-refractivity contribution in [2.45, 2.75) is 13.5 Å². The van der Waals surface area contributed by atoms with Gasteiger partial charge in [-0.3, -0.25) is 19.8 Å². The third kappa shape index (κ3) is 3.97. The number of nitrogens with one attached hydrogen (secondary N) is 1. The summed E-state index contributed by atoms with van der Waals surface area (Å²) in [5.74, 6) is -0.930. The number of carbonyl (C=O) groups is 2. The minimum Gasteiger partial charge on any atom is -0.342 e. The molecule has 3 aromatic carbocycles. The number of nitrogens with zero attached hydrogens (tertiary/aromatic N) is 2. The summed E-state index contributed by atoms with van der Waals surface area (Å²) in [6, 6.07) is 25.6. The van der Waals surface area contributed by atoms with Crippen LogP contribution in [-0.4, -0.2) is 21.5 Å². The van der Waals surface area contributed by atoms with Crippen LogP contribution >= 0.6 is 12.2 Å². The van der Waals surface area contributed by atoms with Crippen LogP contribution in [0.25, 0.3) is 17.0 Å². The first kappa shape index (κ1) is 20.8. The molecule has 1 N–H and O–H groups in total. The summed E-state index contributed by atoms with van der Waals surface area (Å²) >= 11 is 5.31. The fraction of sp³-hybridized carbons (Fsp3) is 0.0741. The van der Waals surface area contributed by atoms with Crippen molar-refractivity contribution in [3.63, 3.8) is 0 Å². The van der Waals surface area contributed by atoms with Crippen LogP contribution in [0.3, 0.4) is 0 Å². The molecule has 0 bridgehead atoms. The molecule has 5 nitrogen and oxygen atoms in total. The summed E-state index contributed by atoms with van der Waals surface area (Å²) in [6.07, 6.45) is 3.64. The topological polar surface area (TPSA) is 54.3 Å².